The van der Waals surface area contributed by atoms with Gasteiger partial charge in [0.2, 0.25) is 0 Å². The molecular formula is C16H16ClN3O. The summed E-state index contributed by atoms with van der Waals surface area (Å²) in [5.74, 6) is 1.57. The van der Waals surface area contributed by atoms with E-state index in [2.05, 4.69) is 22.2 Å². The number of benzene rings is 1. The van der Waals surface area contributed by atoms with Crippen molar-refractivity contribution < 1.29 is 4.42 Å². The second-order valence-corrected chi connectivity index (χ2v) is 5.29. The van der Waals surface area contributed by atoms with Crippen LogP contribution < -0.4 is 5.32 Å². The minimum Gasteiger partial charge on any atom is -0.459 e. The van der Waals surface area contributed by atoms with Crippen molar-refractivity contribution in [1.82, 2.24) is 15.3 Å². The lowest BCUT2D eigenvalue weighted by molar-refractivity contribution is 0.470. The molecule has 2 heterocycles. The minimum atomic E-state index is -0.0946. The Bertz CT molecular complexity index is 769. The maximum absolute atomic E-state index is 6.03. The second-order valence-electron chi connectivity index (χ2n) is 4.85. The Morgan fingerprint density at radius 2 is 2.14 bits per heavy atom. The zero-order valence-corrected chi connectivity index (χ0v) is 12.7. The Kier molecular flexibility index (Phi) is 3.90. The highest BCUT2D eigenvalue weighted by Crippen LogP contribution is 2.29. The van der Waals surface area contributed by atoms with Crippen molar-refractivity contribution >= 4 is 22.6 Å². The highest BCUT2D eigenvalue weighted by molar-refractivity contribution is 6.31. The highest BCUT2D eigenvalue weighted by atomic mass is 35.5. The molecule has 2 aromatic heterocycles. The van der Waals surface area contributed by atoms with Gasteiger partial charge in [0, 0.05) is 16.6 Å². The standard InChI is InChI=1S/C16H16ClN3O/c1-3-18-16(13-6-7-19-10(2)20-13)15-9-11-8-12(17)4-5-14(11)21-15/h4-9,16,18H,3H2,1-2H3. The largest absolute Gasteiger partial charge is 0.459 e. The van der Waals surface area contributed by atoms with E-state index in [1.807, 2.05) is 37.3 Å². The predicted octanol–water partition coefficient (Wildman–Crippen LogP) is 3.88. The molecule has 4 nitrogen and oxygen atoms in total. The fraction of sp³-hybridized carbons (Fsp3) is 0.250. The van der Waals surface area contributed by atoms with Crippen LogP contribution >= 0.6 is 11.6 Å². The summed E-state index contributed by atoms with van der Waals surface area (Å²) in [4.78, 5) is 8.64. The third-order valence-corrected chi connectivity index (χ3v) is 3.52. The molecule has 5 heteroatoms. The van der Waals surface area contributed by atoms with Gasteiger partial charge in [-0.05, 0) is 43.8 Å². The van der Waals surface area contributed by atoms with Crippen LogP contribution in [0.15, 0.2) is 40.9 Å². The first kappa shape index (κ1) is 14.0. The molecule has 3 rings (SSSR count). The minimum absolute atomic E-state index is 0.0946. The zero-order chi connectivity index (χ0) is 14.8. The first-order valence-electron chi connectivity index (χ1n) is 6.89. The van der Waals surface area contributed by atoms with E-state index in [4.69, 9.17) is 16.0 Å². The number of nitrogens with one attached hydrogen (secondary N) is 1. The highest BCUT2D eigenvalue weighted by Gasteiger charge is 2.19. The van der Waals surface area contributed by atoms with Crippen molar-refractivity contribution in [2.75, 3.05) is 6.54 Å². The molecular weight excluding hydrogens is 286 g/mol. The van der Waals surface area contributed by atoms with Gasteiger partial charge in [0.25, 0.3) is 0 Å². The molecule has 0 saturated carbocycles. The fourth-order valence-corrected chi connectivity index (χ4v) is 2.55. The number of furan rings is 1. The molecule has 0 saturated heterocycles. The summed E-state index contributed by atoms with van der Waals surface area (Å²) in [6.07, 6.45) is 1.77. The van der Waals surface area contributed by atoms with Gasteiger partial charge in [-0.25, -0.2) is 9.97 Å². The van der Waals surface area contributed by atoms with Crippen LogP contribution in [0, 0.1) is 6.92 Å². The van der Waals surface area contributed by atoms with Gasteiger partial charge < -0.3 is 9.73 Å². The van der Waals surface area contributed by atoms with Crippen LogP contribution in [0.4, 0.5) is 0 Å². The lowest BCUT2D eigenvalue weighted by Crippen LogP contribution is -2.22. The molecule has 0 aliphatic rings. The molecule has 1 atom stereocenters. The van der Waals surface area contributed by atoms with E-state index in [1.54, 1.807) is 6.20 Å². The van der Waals surface area contributed by atoms with Crippen LogP contribution in [-0.2, 0) is 0 Å². The third kappa shape index (κ3) is 2.91. The Balaban J connectivity index is 2.06. The first-order valence-corrected chi connectivity index (χ1v) is 7.27. The van der Waals surface area contributed by atoms with Gasteiger partial charge >= 0.3 is 0 Å². The van der Waals surface area contributed by atoms with Gasteiger partial charge in [-0.2, -0.15) is 0 Å². The van der Waals surface area contributed by atoms with E-state index in [1.165, 1.54) is 0 Å². The van der Waals surface area contributed by atoms with Crippen molar-refractivity contribution in [3.63, 3.8) is 0 Å². The summed E-state index contributed by atoms with van der Waals surface area (Å²) >= 11 is 6.03. The molecule has 1 unspecified atom stereocenters. The van der Waals surface area contributed by atoms with Crippen LogP contribution in [0.2, 0.25) is 5.02 Å². The molecule has 1 N–H and O–H groups in total. The molecule has 0 amide bonds. The Labute approximate surface area is 128 Å². The van der Waals surface area contributed by atoms with Crippen LogP contribution in [0.3, 0.4) is 0 Å². The Hall–Kier alpha value is -1.91. The lowest BCUT2D eigenvalue weighted by Gasteiger charge is -2.14. The molecule has 0 radical (unpaired) electrons. The number of aryl methyl sites for hydroxylation is 1. The first-order chi connectivity index (χ1) is 10.2. The monoisotopic (exact) mass is 301 g/mol. The van der Waals surface area contributed by atoms with Gasteiger partial charge in [0.1, 0.15) is 23.2 Å². The summed E-state index contributed by atoms with van der Waals surface area (Å²) in [5.41, 5.74) is 1.72. The Morgan fingerprint density at radius 3 is 2.90 bits per heavy atom. The van der Waals surface area contributed by atoms with Crippen molar-refractivity contribution in [2.45, 2.75) is 19.9 Å². The van der Waals surface area contributed by atoms with Crippen LogP contribution in [0.1, 0.15) is 30.2 Å². The summed E-state index contributed by atoms with van der Waals surface area (Å²) in [5, 5.41) is 5.09. The number of hydrogen-bond donors (Lipinski definition) is 1. The molecule has 108 valence electrons. The predicted molar refractivity (Wildman–Crippen MR) is 83.5 cm³/mol. The molecule has 0 spiro atoms. The van der Waals surface area contributed by atoms with Gasteiger partial charge in [0.05, 0.1) is 5.69 Å². The van der Waals surface area contributed by atoms with Crippen molar-refractivity contribution in [3.05, 3.63) is 58.8 Å². The molecule has 3 aromatic rings. The molecule has 21 heavy (non-hydrogen) atoms. The number of hydrogen-bond acceptors (Lipinski definition) is 4. The van der Waals surface area contributed by atoms with Crippen LogP contribution in [0.25, 0.3) is 11.0 Å². The summed E-state index contributed by atoms with van der Waals surface area (Å²) < 4.78 is 5.95. The van der Waals surface area contributed by atoms with Crippen molar-refractivity contribution in [2.24, 2.45) is 0 Å². The van der Waals surface area contributed by atoms with Gasteiger partial charge in [0.15, 0.2) is 0 Å². The van der Waals surface area contributed by atoms with E-state index in [9.17, 15) is 0 Å². The molecule has 0 fully saturated rings. The summed E-state index contributed by atoms with van der Waals surface area (Å²) in [7, 11) is 0. The van der Waals surface area contributed by atoms with E-state index >= 15 is 0 Å². The number of halogens is 1. The summed E-state index contributed by atoms with van der Waals surface area (Å²) in [6.45, 7) is 4.75. The molecule has 0 aliphatic carbocycles. The Morgan fingerprint density at radius 1 is 1.29 bits per heavy atom. The maximum atomic E-state index is 6.03. The van der Waals surface area contributed by atoms with Crippen LogP contribution in [0.5, 0.6) is 0 Å². The normalized spacial score (nSPS) is 12.7. The molecule has 0 bridgehead atoms. The second kappa shape index (κ2) is 5.84. The fourth-order valence-electron chi connectivity index (χ4n) is 2.37. The average Bonchev–Trinajstić information content (AvgIpc) is 2.87. The lowest BCUT2D eigenvalue weighted by atomic mass is 10.1. The van der Waals surface area contributed by atoms with Crippen molar-refractivity contribution in [1.29, 1.82) is 0 Å². The van der Waals surface area contributed by atoms with E-state index < -0.39 is 0 Å². The van der Waals surface area contributed by atoms with Gasteiger partial charge in [-0.1, -0.05) is 18.5 Å². The number of rotatable bonds is 4. The number of nitrogens with zero attached hydrogens (tertiary/aromatic N) is 2. The van der Waals surface area contributed by atoms with E-state index in [-0.39, 0.29) is 6.04 Å². The number of aromatic nitrogens is 2. The topological polar surface area (TPSA) is 51.0 Å². The van der Waals surface area contributed by atoms with Crippen molar-refractivity contribution in [3.8, 4) is 0 Å². The quantitative estimate of drug-likeness (QED) is 0.794. The smallest absolute Gasteiger partial charge is 0.134 e. The molecule has 0 aliphatic heterocycles. The summed E-state index contributed by atoms with van der Waals surface area (Å²) in [6, 6.07) is 9.43. The van der Waals surface area contributed by atoms with E-state index in [0.29, 0.717) is 5.02 Å². The third-order valence-electron chi connectivity index (χ3n) is 3.28. The maximum Gasteiger partial charge on any atom is 0.134 e. The van der Waals surface area contributed by atoms with E-state index in [0.717, 1.165) is 34.8 Å². The van der Waals surface area contributed by atoms with Crippen LogP contribution in [-0.4, -0.2) is 16.5 Å². The van der Waals surface area contributed by atoms with Gasteiger partial charge in [-0.3, -0.25) is 0 Å². The van der Waals surface area contributed by atoms with Gasteiger partial charge in [-0.15, -0.1) is 0 Å². The number of fused-ring (bicyclic) bond motifs is 1. The molecule has 1 aromatic carbocycles. The zero-order valence-electron chi connectivity index (χ0n) is 11.9. The average molecular weight is 302 g/mol. The SMILES string of the molecule is CCNC(c1ccnc(C)n1)c1cc2cc(Cl)ccc2o1.